The van der Waals surface area contributed by atoms with Crippen LogP contribution in [-0.2, 0) is 6.42 Å². The van der Waals surface area contributed by atoms with E-state index >= 15 is 0 Å². The van der Waals surface area contributed by atoms with Crippen molar-refractivity contribution in [1.29, 1.82) is 0 Å². The smallest absolute Gasteiger partial charge is 0.0238 e. The van der Waals surface area contributed by atoms with E-state index in [4.69, 9.17) is 0 Å². The number of hydrogen-bond acceptors (Lipinski definition) is 0. The Balaban J connectivity index is 2.10. The predicted molar refractivity (Wildman–Crippen MR) is 68.0 cm³/mol. The van der Waals surface area contributed by atoms with Crippen molar-refractivity contribution in [3.63, 3.8) is 0 Å². The van der Waals surface area contributed by atoms with Crippen LogP contribution in [0.2, 0.25) is 0 Å². The molecule has 1 rings (SSSR count). The van der Waals surface area contributed by atoms with Gasteiger partial charge in [-0.3, -0.25) is 0 Å². The Kier molecular flexibility index (Phi) is 6.15. The molecule has 0 heterocycles. The van der Waals surface area contributed by atoms with Gasteiger partial charge in [-0.2, -0.15) is 0 Å². The summed E-state index contributed by atoms with van der Waals surface area (Å²) in [5.41, 5.74) is 2.58. The molecule has 0 heteroatoms. The normalized spacial score (nSPS) is 10.5. The summed E-state index contributed by atoms with van der Waals surface area (Å²) in [7, 11) is 0. The van der Waals surface area contributed by atoms with Crippen LogP contribution in [0.5, 0.6) is 0 Å². The van der Waals surface area contributed by atoms with Gasteiger partial charge in [0.25, 0.3) is 0 Å². The van der Waals surface area contributed by atoms with E-state index in [0.717, 1.165) is 5.56 Å². The van der Waals surface area contributed by atoms with Gasteiger partial charge in [-0.25, -0.2) is 0 Å². The number of hydrogen-bond donors (Lipinski definition) is 0. The topological polar surface area (TPSA) is 0 Å². The molecule has 0 aliphatic heterocycles. The Morgan fingerprint density at radius 3 is 2.47 bits per heavy atom. The maximum Gasteiger partial charge on any atom is -0.0238 e. The SMILES string of the molecule is [CH2]c1cccc(CCCCCCCC)c1. The third-order valence-electron chi connectivity index (χ3n) is 2.81. The molecule has 0 saturated heterocycles. The van der Waals surface area contributed by atoms with E-state index in [9.17, 15) is 0 Å². The molecule has 15 heavy (non-hydrogen) atoms. The average Bonchev–Trinajstić information content (AvgIpc) is 2.23. The molecule has 0 amide bonds. The quantitative estimate of drug-likeness (QED) is 0.560. The van der Waals surface area contributed by atoms with Crippen molar-refractivity contribution in [2.24, 2.45) is 0 Å². The third-order valence-corrected chi connectivity index (χ3v) is 2.81. The van der Waals surface area contributed by atoms with Crippen molar-refractivity contribution in [2.45, 2.75) is 51.9 Å². The van der Waals surface area contributed by atoms with Crippen LogP contribution in [0.3, 0.4) is 0 Å². The summed E-state index contributed by atoms with van der Waals surface area (Å²) in [6, 6.07) is 8.58. The minimum Gasteiger partial charge on any atom is -0.0654 e. The van der Waals surface area contributed by atoms with E-state index in [1.54, 1.807) is 0 Å². The highest BCUT2D eigenvalue weighted by Crippen LogP contribution is 2.10. The Hall–Kier alpha value is -0.780. The van der Waals surface area contributed by atoms with E-state index in [0.29, 0.717) is 0 Å². The molecule has 1 radical (unpaired) electrons. The van der Waals surface area contributed by atoms with Gasteiger partial charge in [-0.1, -0.05) is 63.3 Å². The molecule has 0 aromatic heterocycles. The van der Waals surface area contributed by atoms with Crippen molar-refractivity contribution < 1.29 is 0 Å². The Morgan fingerprint density at radius 1 is 1.00 bits per heavy atom. The lowest BCUT2D eigenvalue weighted by atomic mass is 10.0. The first-order valence-electron chi connectivity index (χ1n) is 6.24. The van der Waals surface area contributed by atoms with Gasteiger partial charge in [0.15, 0.2) is 0 Å². The summed E-state index contributed by atoms with van der Waals surface area (Å²) in [5.74, 6) is 0. The Bertz CT molecular complexity index is 262. The van der Waals surface area contributed by atoms with E-state index in [1.807, 2.05) is 0 Å². The molecule has 83 valence electrons. The molecule has 0 fully saturated rings. The molecule has 0 unspecified atom stereocenters. The van der Waals surface area contributed by atoms with Crippen molar-refractivity contribution in [2.75, 3.05) is 0 Å². The van der Waals surface area contributed by atoms with Gasteiger partial charge in [0.1, 0.15) is 0 Å². The van der Waals surface area contributed by atoms with Gasteiger partial charge in [-0.05, 0) is 30.9 Å². The van der Waals surface area contributed by atoms with Crippen LogP contribution >= 0.6 is 0 Å². The van der Waals surface area contributed by atoms with E-state index in [1.165, 1.54) is 50.5 Å². The van der Waals surface area contributed by atoms with Gasteiger partial charge in [-0.15, -0.1) is 0 Å². The fourth-order valence-corrected chi connectivity index (χ4v) is 1.89. The van der Waals surface area contributed by atoms with Crippen molar-refractivity contribution in [1.82, 2.24) is 0 Å². The van der Waals surface area contributed by atoms with Gasteiger partial charge in [0.05, 0.1) is 0 Å². The van der Waals surface area contributed by atoms with Crippen molar-refractivity contribution >= 4 is 0 Å². The Labute approximate surface area is 94.7 Å². The molecule has 0 aliphatic carbocycles. The molecule has 0 spiro atoms. The lowest BCUT2D eigenvalue weighted by molar-refractivity contribution is 0.607. The first-order chi connectivity index (χ1) is 7.33. The second-order valence-electron chi connectivity index (χ2n) is 4.34. The maximum atomic E-state index is 3.95. The van der Waals surface area contributed by atoms with Crippen LogP contribution in [0, 0.1) is 6.92 Å². The van der Waals surface area contributed by atoms with Crippen LogP contribution in [0.4, 0.5) is 0 Å². The number of rotatable bonds is 7. The minimum atomic E-state index is 1.14. The molecule has 0 nitrogen and oxygen atoms in total. The molecular weight excluding hydrogens is 180 g/mol. The molecule has 0 bridgehead atoms. The van der Waals surface area contributed by atoms with Gasteiger partial charge in [0.2, 0.25) is 0 Å². The number of unbranched alkanes of at least 4 members (excludes halogenated alkanes) is 5. The zero-order valence-corrected chi connectivity index (χ0v) is 9.97. The van der Waals surface area contributed by atoms with Crippen molar-refractivity contribution in [3.8, 4) is 0 Å². The third kappa shape index (κ3) is 5.61. The number of benzene rings is 1. The lowest BCUT2D eigenvalue weighted by Gasteiger charge is -2.02. The molecule has 1 aromatic carbocycles. The van der Waals surface area contributed by atoms with Gasteiger partial charge >= 0.3 is 0 Å². The monoisotopic (exact) mass is 203 g/mol. The summed E-state index contributed by atoms with van der Waals surface area (Å²) < 4.78 is 0. The second-order valence-corrected chi connectivity index (χ2v) is 4.34. The summed E-state index contributed by atoms with van der Waals surface area (Å²) in [6.07, 6.45) is 9.46. The van der Waals surface area contributed by atoms with Gasteiger partial charge in [0, 0.05) is 0 Å². The molecular formula is C15H23. The fourth-order valence-electron chi connectivity index (χ4n) is 1.89. The van der Waals surface area contributed by atoms with Crippen LogP contribution in [-0.4, -0.2) is 0 Å². The molecule has 1 aromatic rings. The maximum absolute atomic E-state index is 3.95. The molecule has 0 N–H and O–H groups in total. The summed E-state index contributed by atoms with van der Waals surface area (Å²) in [5, 5.41) is 0. The van der Waals surface area contributed by atoms with Crippen LogP contribution in [0.25, 0.3) is 0 Å². The standard InChI is InChI=1S/C15H23/c1-3-4-5-6-7-8-11-15-12-9-10-14(2)13-15/h9-10,12-13H,2-8,11H2,1H3. The predicted octanol–water partition coefficient (Wildman–Crippen LogP) is 4.77. The largest absolute Gasteiger partial charge is 0.0654 e. The summed E-state index contributed by atoms with van der Waals surface area (Å²) in [6.45, 7) is 6.21. The minimum absolute atomic E-state index is 1.14. The first kappa shape index (κ1) is 12.3. The van der Waals surface area contributed by atoms with E-state index < -0.39 is 0 Å². The first-order valence-corrected chi connectivity index (χ1v) is 6.24. The lowest BCUT2D eigenvalue weighted by Crippen LogP contribution is -1.86. The highest BCUT2D eigenvalue weighted by molar-refractivity contribution is 5.25. The zero-order valence-electron chi connectivity index (χ0n) is 9.97. The zero-order chi connectivity index (χ0) is 10.9. The summed E-state index contributed by atoms with van der Waals surface area (Å²) in [4.78, 5) is 0. The van der Waals surface area contributed by atoms with Gasteiger partial charge < -0.3 is 0 Å². The van der Waals surface area contributed by atoms with Crippen LogP contribution in [0.1, 0.15) is 56.6 Å². The second kappa shape index (κ2) is 7.50. The van der Waals surface area contributed by atoms with E-state index in [-0.39, 0.29) is 0 Å². The van der Waals surface area contributed by atoms with Crippen molar-refractivity contribution in [3.05, 3.63) is 42.3 Å². The molecule has 0 atom stereocenters. The number of aryl methyl sites for hydroxylation is 1. The van der Waals surface area contributed by atoms with E-state index in [2.05, 4.69) is 38.1 Å². The highest BCUT2D eigenvalue weighted by Gasteiger charge is 1.94. The highest BCUT2D eigenvalue weighted by atomic mass is 14.0. The van der Waals surface area contributed by atoms with Crippen LogP contribution < -0.4 is 0 Å². The van der Waals surface area contributed by atoms with Crippen LogP contribution in [0.15, 0.2) is 24.3 Å². The summed E-state index contributed by atoms with van der Waals surface area (Å²) >= 11 is 0. The molecule has 0 saturated carbocycles. The molecule has 0 aliphatic rings. The Morgan fingerprint density at radius 2 is 1.73 bits per heavy atom. The fraction of sp³-hybridized carbons (Fsp3) is 0.533. The average molecular weight is 203 g/mol.